The molecule has 1 unspecified atom stereocenters. The Morgan fingerprint density at radius 3 is 2.55 bits per heavy atom. The Bertz CT molecular complexity index is 993. The number of ether oxygens (including phenoxy) is 2. The largest absolute Gasteiger partial charge is 0.496 e. The van der Waals surface area contributed by atoms with Gasteiger partial charge in [0.15, 0.2) is 0 Å². The van der Waals surface area contributed by atoms with Crippen molar-refractivity contribution in [2.45, 2.75) is 58.4 Å². The number of nitrogens with zero attached hydrogens (tertiary/aromatic N) is 1. The zero-order chi connectivity index (χ0) is 24.6. The fourth-order valence-corrected chi connectivity index (χ4v) is 3.97. The Kier molecular flexibility index (Phi) is 7.02. The summed E-state index contributed by atoms with van der Waals surface area (Å²) in [4.78, 5) is 14.0. The van der Waals surface area contributed by atoms with E-state index in [1.165, 1.54) is 13.2 Å². The van der Waals surface area contributed by atoms with E-state index in [9.17, 15) is 23.1 Å². The van der Waals surface area contributed by atoms with Crippen LogP contribution in [0.4, 0.5) is 18.0 Å². The lowest BCUT2D eigenvalue weighted by Crippen LogP contribution is -2.44. The Morgan fingerprint density at radius 2 is 1.94 bits per heavy atom. The van der Waals surface area contributed by atoms with E-state index in [1.54, 1.807) is 38.7 Å². The minimum atomic E-state index is -4.49. The molecule has 1 aliphatic rings. The first-order valence-electron chi connectivity index (χ1n) is 10.8. The Balaban J connectivity index is 1.82. The second-order valence-electron chi connectivity index (χ2n) is 9.35. The van der Waals surface area contributed by atoms with Gasteiger partial charge in [0, 0.05) is 19.0 Å². The maximum Gasteiger partial charge on any atom is 0.416 e. The zero-order valence-corrected chi connectivity index (χ0v) is 19.5. The van der Waals surface area contributed by atoms with E-state index in [-0.39, 0.29) is 11.7 Å². The Hall–Kier alpha value is -2.68. The summed E-state index contributed by atoms with van der Waals surface area (Å²) in [5.41, 5.74) is -0.421. The normalized spacial score (nSPS) is 18.2. The van der Waals surface area contributed by atoms with Crippen molar-refractivity contribution in [1.29, 1.82) is 0 Å². The van der Waals surface area contributed by atoms with E-state index in [0.717, 1.165) is 12.1 Å². The second-order valence-corrected chi connectivity index (χ2v) is 9.35. The van der Waals surface area contributed by atoms with Gasteiger partial charge in [0.2, 0.25) is 0 Å². The molecule has 2 atom stereocenters. The molecule has 0 spiro atoms. The van der Waals surface area contributed by atoms with Crippen LogP contribution in [0.1, 0.15) is 56.6 Å². The highest BCUT2D eigenvalue weighted by molar-refractivity contribution is 5.70. The quantitative estimate of drug-likeness (QED) is 0.598. The summed E-state index contributed by atoms with van der Waals surface area (Å²) in [7, 11) is 1.29. The Morgan fingerprint density at radius 1 is 1.24 bits per heavy atom. The molecule has 0 saturated carbocycles. The molecule has 0 bridgehead atoms. The van der Waals surface area contributed by atoms with Crippen molar-refractivity contribution in [2.24, 2.45) is 5.92 Å². The molecule has 1 fully saturated rings. The van der Waals surface area contributed by atoms with Gasteiger partial charge in [0.05, 0.1) is 18.2 Å². The first-order chi connectivity index (χ1) is 15.3. The molecule has 0 aliphatic carbocycles. The minimum Gasteiger partial charge on any atom is -0.496 e. The number of aliphatic hydroxyl groups is 1. The van der Waals surface area contributed by atoms with Gasteiger partial charge in [-0.1, -0.05) is 0 Å². The highest BCUT2D eigenvalue weighted by atomic mass is 19.4. The van der Waals surface area contributed by atoms with Crippen LogP contribution < -0.4 is 4.74 Å². The molecular formula is C24H30F3NO5. The van der Waals surface area contributed by atoms with Gasteiger partial charge in [-0.3, -0.25) is 0 Å². The summed E-state index contributed by atoms with van der Waals surface area (Å²) in [5.74, 6) is 0.381. The predicted molar refractivity (Wildman–Crippen MR) is 116 cm³/mol. The number of halogens is 3. The number of hydrogen-bond donors (Lipinski definition) is 1. The number of alkyl halides is 3. The highest BCUT2D eigenvalue weighted by Gasteiger charge is 2.34. The van der Waals surface area contributed by atoms with Gasteiger partial charge in [-0.15, -0.1) is 0 Å². The van der Waals surface area contributed by atoms with Crippen LogP contribution in [0.2, 0.25) is 0 Å². The molecule has 33 heavy (non-hydrogen) atoms. The first kappa shape index (κ1) is 25.0. The standard InChI is InChI=1S/C24H30F3NO5/c1-14-11-19(20(29)15-7-6-10-28(13-15)22(30)33-23(2,3)4)32-21(14)17-9-8-16(24(25,26)27)12-18(17)31-5/h8-9,11-12,15,20,29H,6-7,10,13H2,1-5H3/t15?,20-/m1/s1. The van der Waals surface area contributed by atoms with Crippen molar-refractivity contribution in [1.82, 2.24) is 4.90 Å². The molecule has 0 radical (unpaired) electrons. The predicted octanol–water partition coefficient (Wildman–Crippen LogP) is 5.96. The summed E-state index contributed by atoms with van der Waals surface area (Å²) in [6.07, 6.45) is -4.50. The van der Waals surface area contributed by atoms with Crippen LogP contribution in [0.25, 0.3) is 11.3 Å². The molecule has 6 nitrogen and oxygen atoms in total. The number of aliphatic hydroxyl groups excluding tert-OH is 1. The number of furan rings is 1. The van der Waals surface area contributed by atoms with Crippen molar-refractivity contribution in [3.63, 3.8) is 0 Å². The molecule has 9 heteroatoms. The van der Waals surface area contributed by atoms with Crippen LogP contribution in [0.3, 0.4) is 0 Å². The number of rotatable bonds is 4. The van der Waals surface area contributed by atoms with E-state index in [0.29, 0.717) is 48.6 Å². The summed E-state index contributed by atoms with van der Waals surface area (Å²) < 4.78 is 55.7. The third-order valence-corrected chi connectivity index (χ3v) is 5.56. The molecular weight excluding hydrogens is 439 g/mol. The van der Waals surface area contributed by atoms with Gasteiger partial charge in [-0.25, -0.2) is 4.79 Å². The molecule has 1 saturated heterocycles. The number of likely N-dealkylation sites (tertiary alicyclic amines) is 1. The summed E-state index contributed by atoms with van der Waals surface area (Å²) >= 11 is 0. The number of hydrogen-bond acceptors (Lipinski definition) is 5. The minimum absolute atomic E-state index is 0.0251. The van der Waals surface area contributed by atoms with E-state index >= 15 is 0 Å². The van der Waals surface area contributed by atoms with Crippen molar-refractivity contribution in [2.75, 3.05) is 20.2 Å². The molecule has 2 aromatic rings. The second kappa shape index (κ2) is 9.29. The van der Waals surface area contributed by atoms with Crippen LogP contribution in [0, 0.1) is 12.8 Å². The van der Waals surface area contributed by atoms with E-state index < -0.39 is 29.5 Å². The maximum absolute atomic E-state index is 13.1. The van der Waals surface area contributed by atoms with Crippen LogP contribution in [0.5, 0.6) is 5.75 Å². The van der Waals surface area contributed by atoms with Crippen LogP contribution >= 0.6 is 0 Å². The van der Waals surface area contributed by atoms with E-state index in [2.05, 4.69) is 0 Å². The first-order valence-corrected chi connectivity index (χ1v) is 10.8. The third kappa shape index (κ3) is 5.82. The van der Waals surface area contributed by atoms with Gasteiger partial charge in [-0.2, -0.15) is 13.2 Å². The topological polar surface area (TPSA) is 72.1 Å². The molecule has 3 rings (SSSR count). The molecule has 2 heterocycles. The maximum atomic E-state index is 13.1. The lowest BCUT2D eigenvalue weighted by Gasteiger charge is -2.35. The smallest absolute Gasteiger partial charge is 0.416 e. The van der Waals surface area contributed by atoms with Crippen molar-refractivity contribution < 1.29 is 37.0 Å². The number of aryl methyl sites for hydroxylation is 1. The van der Waals surface area contributed by atoms with Crippen LogP contribution in [-0.2, 0) is 10.9 Å². The van der Waals surface area contributed by atoms with Gasteiger partial charge < -0.3 is 23.9 Å². The van der Waals surface area contributed by atoms with Gasteiger partial charge in [0.25, 0.3) is 0 Å². The van der Waals surface area contributed by atoms with Gasteiger partial charge in [0.1, 0.15) is 29.0 Å². The number of carbonyl (C=O) groups excluding carboxylic acids is 1. The summed E-state index contributed by atoms with van der Waals surface area (Å²) in [6.45, 7) is 8.00. The zero-order valence-electron chi connectivity index (χ0n) is 19.5. The molecule has 1 aromatic carbocycles. The van der Waals surface area contributed by atoms with Crippen molar-refractivity contribution >= 4 is 6.09 Å². The number of carbonyl (C=O) groups is 1. The highest BCUT2D eigenvalue weighted by Crippen LogP contribution is 2.41. The lowest BCUT2D eigenvalue weighted by atomic mass is 9.91. The number of amides is 1. The van der Waals surface area contributed by atoms with Crippen molar-refractivity contribution in [3.05, 3.63) is 41.2 Å². The van der Waals surface area contributed by atoms with Gasteiger partial charge >= 0.3 is 12.3 Å². The molecule has 1 aliphatic heterocycles. The average Bonchev–Trinajstić information content (AvgIpc) is 3.12. The SMILES string of the molecule is COc1cc(C(F)(F)F)ccc1-c1oc([C@H](O)C2CCCN(C(=O)OC(C)(C)C)C2)cc1C. The number of benzene rings is 1. The Labute approximate surface area is 191 Å². The third-order valence-electron chi connectivity index (χ3n) is 5.56. The monoisotopic (exact) mass is 469 g/mol. The van der Waals surface area contributed by atoms with Gasteiger partial charge in [-0.05, 0) is 70.4 Å². The number of methoxy groups -OCH3 is 1. The fraction of sp³-hybridized carbons (Fsp3) is 0.542. The molecule has 1 aromatic heterocycles. The molecule has 1 N–H and O–H groups in total. The van der Waals surface area contributed by atoms with Crippen LogP contribution in [-0.4, -0.2) is 41.9 Å². The van der Waals surface area contributed by atoms with E-state index in [1.807, 2.05) is 0 Å². The number of piperidine rings is 1. The van der Waals surface area contributed by atoms with Crippen molar-refractivity contribution in [3.8, 4) is 17.1 Å². The fourth-order valence-electron chi connectivity index (χ4n) is 3.97. The summed E-state index contributed by atoms with van der Waals surface area (Å²) in [6, 6.07) is 4.86. The average molecular weight is 470 g/mol. The van der Waals surface area contributed by atoms with E-state index in [4.69, 9.17) is 13.9 Å². The van der Waals surface area contributed by atoms with Crippen LogP contribution in [0.15, 0.2) is 28.7 Å². The molecule has 1 amide bonds. The summed E-state index contributed by atoms with van der Waals surface area (Å²) in [5, 5.41) is 11.0. The lowest BCUT2D eigenvalue weighted by molar-refractivity contribution is -0.137. The molecule has 182 valence electrons.